The highest BCUT2D eigenvalue weighted by Crippen LogP contribution is 2.07. The third-order valence-corrected chi connectivity index (χ3v) is 1.99. The van der Waals surface area contributed by atoms with E-state index in [0.29, 0.717) is 12.2 Å². The molecule has 0 bridgehead atoms. The summed E-state index contributed by atoms with van der Waals surface area (Å²) in [5.74, 6) is -1.42. The molecule has 0 spiro atoms. The summed E-state index contributed by atoms with van der Waals surface area (Å²) in [7, 11) is 0. The standard InChI is InChI=1S/C13H14O4/c1-2-8-17-12(14)7-6-10-4-3-5-11(9-10)13(15)16/h3-7,9H,2,8H2,1H3,(H,15,16). The largest absolute Gasteiger partial charge is 0.478 e. The number of hydrogen-bond donors (Lipinski definition) is 1. The Morgan fingerprint density at radius 3 is 2.82 bits per heavy atom. The van der Waals surface area contributed by atoms with Gasteiger partial charge in [0, 0.05) is 6.08 Å². The first-order valence-electron chi connectivity index (χ1n) is 5.31. The van der Waals surface area contributed by atoms with Gasteiger partial charge in [0.2, 0.25) is 0 Å². The van der Waals surface area contributed by atoms with Crippen LogP contribution in [0.5, 0.6) is 0 Å². The molecule has 0 saturated carbocycles. The van der Waals surface area contributed by atoms with Crippen molar-refractivity contribution in [3.63, 3.8) is 0 Å². The Bertz CT molecular complexity index is 435. The van der Waals surface area contributed by atoms with Crippen LogP contribution in [0.4, 0.5) is 0 Å². The summed E-state index contributed by atoms with van der Waals surface area (Å²) in [6.45, 7) is 2.30. The topological polar surface area (TPSA) is 63.6 Å². The summed E-state index contributed by atoms with van der Waals surface area (Å²) in [6.07, 6.45) is 3.59. The molecular formula is C13H14O4. The Hall–Kier alpha value is -2.10. The Morgan fingerprint density at radius 1 is 1.41 bits per heavy atom. The normalized spacial score (nSPS) is 10.4. The van der Waals surface area contributed by atoms with Crippen molar-refractivity contribution in [3.8, 4) is 0 Å². The Labute approximate surface area is 99.5 Å². The lowest BCUT2D eigenvalue weighted by atomic mass is 10.1. The van der Waals surface area contributed by atoms with Gasteiger partial charge in [-0.3, -0.25) is 0 Å². The van der Waals surface area contributed by atoms with Gasteiger partial charge >= 0.3 is 11.9 Å². The van der Waals surface area contributed by atoms with E-state index in [4.69, 9.17) is 9.84 Å². The molecule has 0 atom stereocenters. The highest BCUT2D eigenvalue weighted by atomic mass is 16.5. The molecule has 1 aromatic rings. The van der Waals surface area contributed by atoms with Gasteiger partial charge in [-0.2, -0.15) is 0 Å². The minimum Gasteiger partial charge on any atom is -0.478 e. The summed E-state index contributed by atoms with van der Waals surface area (Å²) in [5, 5.41) is 8.79. The van der Waals surface area contributed by atoms with Gasteiger partial charge in [-0.05, 0) is 30.2 Å². The zero-order chi connectivity index (χ0) is 12.7. The van der Waals surface area contributed by atoms with Crippen molar-refractivity contribution in [3.05, 3.63) is 41.5 Å². The van der Waals surface area contributed by atoms with Crippen molar-refractivity contribution < 1.29 is 19.4 Å². The maximum atomic E-state index is 11.2. The molecule has 0 amide bonds. The summed E-state index contributed by atoms with van der Waals surface area (Å²) in [6, 6.07) is 6.33. The predicted octanol–water partition coefficient (Wildman–Crippen LogP) is 2.35. The molecule has 0 heterocycles. The molecule has 0 radical (unpaired) electrons. The molecule has 4 heteroatoms. The van der Waals surface area contributed by atoms with E-state index in [-0.39, 0.29) is 5.56 Å². The van der Waals surface area contributed by atoms with E-state index < -0.39 is 11.9 Å². The second-order valence-electron chi connectivity index (χ2n) is 3.43. The number of aromatic carboxylic acids is 1. The Kier molecular flexibility index (Phi) is 4.94. The van der Waals surface area contributed by atoms with Gasteiger partial charge in [-0.15, -0.1) is 0 Å². The second kappa shape index (κ2) is 6.48. The van der Waals surface area contributed by atoms with E-state index in [1.165, 1.54) is 24.3 Å². The van der Waals surface area contributed by atoms with Crippen molar-refractivity contribution in [1.82, 2.24) is 0 Å². The van der Waals surface area contributed by atoms with Crippen LogP contribution in [0.2, 0.25) is 0 Å². The molecule has 0 saturated heterocycles. The van der Waals surface area contributed by atoms with Crippen molar-refractivity contribution in [2.75, 3.05) is 6.61 Å². The molecule has 0 aliphatic carbocycles. The van der Waals surface area contributed by atoms with Crippen LogP contribution in [0.15, 0.2) is 30.3 Å². The van der Waals surface area contributed by atoms with Gasteiger partial charge in [0.25, 0.3) is 0 Å². The van der Waals surface area contributed by atoms with Crippen LogP contribution in [-0.4, -0.2) is 23.7 Å². The molecule has 17 heavy (non-hydrogen) atoms. The predicted molar refractivity (Wildman–Crippen MR) is 63.7 cm³/mol. The third-order valence-electron chi connectivity index (χ3n) is 1.99. The molecule has 0 fully saturated rings. The molecule has 1 rings (SSSR count). The van der Waals surface area contributed by atoms with E-state index in [0.717, 1.165) is 6.42 Å². The molecule has 0 unspecified atom stereocenters. The number of rotatable bonds is 5. The number of ether oxygens (including phenoxy) is 1. The van der Waals surface area contributed by atoms with Crippen molar-refractivity contribution in [2.45, 2.75) is 13.3 Å². The van der Waals surface area contributed by atoms with Crippen LogP contribution in [0, 0.1) is 0 Å². The fourth-order valence-corrected chi connectivity index (χ4v) is 1.19. The minimum atomic E-state index is -0.992. The van der Waals surface area contributed by atoms with E-state index in [9.17, 15) is 9.59 Å². The molecule has 1 N–H and O–H groups in total. The van der Waals surface area contributed by atoms with Crippen LogP contribution in [-0.2, 0) is 9.53 Å². The molecule has 1 aromatic carbocycles. The van der Waals surface area contributed by atoms with Crippen molar-refractivity contribution in [2.24, 2.45) is 0 Å². The average molecular weight is 234 g/mol. The molecule has 0 aliphatic heterocycles. The molecule has 0 aliphatic rings. The molecule has 0 aromatic heterocycles. The number of carbonyl (C=O) groups excluding carboxylic acids is 1. The van der Waals surface area contributed by atoms with E-state index in [1.54, 1.807) is 12.1 Å². The molecular weight excluding hydrogens is 220 g/mol. The highest BCUT2D eigenvalue weighted by molar-refractivity contribution is 5.90. The van der Waals surface area contributed by atoms with E-state index >= 15 is 0 Å². The van der Waals surface area contributed by atoms with Crippen LogP contribution >= 0.6 is 0 Å². The zero-order valence-electron chi connectivity index (χ0n) is 9.55. The summed E-state index contributed by atoms with van der Waals surface area (Å²) in [4.78, 5) is 21.9. The fourth-order valence-electron chi connectivity index (χ4n) is 1.19. The first-order valence-corrected chi connectivity index (χ1v) is 5.31. The first-order chi connectivity index (χ1) is 8.13. The van der Waals surface area contributed by atoms with Gasteiger partial charge in [0.05, 0.1) is 12.2 Å². The number of carboxylic acid groups (broad SMARTS) is 1. The second-order valence-corrected chi connectivity index (χ2v) is 3.43. The SMILES string of the molecule is CCCOC(=O)C=Cc1cccc(C(=O)O)c1. The minimum absolute atomic E-state index is 0.189. The van der Waals surface area contributed by atoms with Gasteiger partial charge in [0.15, 0.2) is 0 Å². The average Bonchev–Trinajstić information content (AvgIpc) is 2.34. The number of hydrogen-bond acceptors (Lipinski definition) is 3. The van der Waals surface area contributed by atoms with Gasteiger partial charge < -0.3 is 9.84 Å². The lowest BCUT2D eigenvalue weighted by Gasteiger charge is -1.98. The maximum absolute atomic E-state index is 11.2. The molecule has 4 nitrogen and oxygen atoms in total. The third kappa shape index (κ3) is 4.51. The number of benzene rings is 1. The number of carbonyl (C=O) groups is 2. The monoisotopic (exact) mass is 234 g/mol. The van der Waals surface area contributed by atoms with E-state index in [2.05, 4.69) is 0 Å². The number of esters is 1. The summed E-state index contributed by atoms with van der Waals surface area (Å²) in [5.41, 5.74) is 0.840. The van der Waals surface area contributed by atoms with Crippen molar-refractivity contribution in [1.29, 1.82) is 0 Å². The fraction of sp³-hybridized carbons (Fsp3) is 0.231. The quantitative estimate of drug-likeness (QED) is 0.627. The number of carboxylic acids is 1. The lowest BCUT2D eigenvalue weighted by Crippen LogP contribution is -2.01. The Morgan fingerprint density at radius 2 is 2.18 bits per heavy atom. The Balaban J connectivity index is 2.68. The van der Waals surface area contributed by atoms with Gasteiger partial charge in [-0.25, -0.2) is 9.59 Å². The van der Waals surface area contributed by atoms with Crippen LogP contribution < -0.4 is 0 Å². The van der Waals surface area contributed by atoms with Crippen molar-refractivity contribution >= 4 is 18.0 Å². The summed E-state index contributed by atoms with van der Waals surface area (Å²) < 4.78 is 4.85. The van der Waals surface area contributed by atoms with Crippen LogP contribution in [0.25, 0.3) is 6.08 Å². The smallest absolute Gasteiger partial charge is 0.335 e. The summed E-state index contributed by atoms with van der Waals surface area (Å²) >= 11 is 0. The first kappa shape index (κ1) is 13.0. The van der Waals surface area contributed by atoms with Crippen LogP contribution in [0.3, 0.4) is 0 Å². The highest BCUT2D eigenvalue weighted by Gasteiger charge is 2.01. The maximum Gasteiger partial charge on any atom is 0.335 e. The lowest BCUT2D eigenvalue weighted by molar-refractivity contribution is -0.137. The van der Waals surface area contributed by atoms with Gasteiger partial charge in [0.1, 0.15) is 0 Å². The van der Waals surface area contributed by atoms with E-state index in [1.807, 2.05) is 6.92 Å². The molecule has 90 valence electrons. The van der Waals surface area contributed by atoms with Gasteiger partial charge in [-0.1, -0.05) is 19.1 Å². The zero-order valence-corrected chi connectivity index (χ0v) is 9.55. The van der Waals surface area contributed by atoms with Crippen LogP contribution in [0.1, 0.15) is 29.3 Å².